The molecular formula is C16H25ClIN3O3. The minimum Gasteiger partial charge on any atom is -0.486 e. The zero-order chi connectivity index (χ0) is 16.5. The fourth-order valence-corrected chi connectivity index (χ4v) is 2.44. The molecule has 0 unspecified atom stereocenters. The van der Waals surface area contributed by atoms with Crippen molar-refractivity contribution in [1.82, 2.24) is 10.6 Å². The Hall–Kier alpha value is -0.930. The van der Waals surface area contributed by atoms with Crippen molar-refractivity contribution in [1.29, 1.82) is 0 Å². The van der Waals surface area contributed by atoms with Crippen molar-refractivity contribution >= 4 is 41.5 Å². The smallest absolute Gasteiger partial charge is 0.191 e. The van der Waals surface area contributed by atoms with Crippen molar-refractivity contribution in [3.05, 3.63) is 22.7 Å². The molecule has 1 heterocycles. The second kappa shape index (κ2) is 11.6. The summed E-state index contributed by atoms with van der Waals surface area (Å²) in [6.45, 7) is 8.44. The molecule has 8 heteroatoms. The van der Waals surface area contributed by atoms with E-state index in [0.29, 0.717) is 56.0 Å². The van der Waals surface area contributed by atoms with Gasteiger partial charge in [0.1, 0.15) is 13.2 Å². The molecule has 0 bridgehead atoms. The molecule has 0 saturated carbocycles. The monoisotopic (exact) mass is 469 g/mol. The van der Waals surface area contributed by atoms with Crippen molar-refractivity contribution in [2.75, 3.05) is 39.5 Å². The molecular weight excluding hydrogens is 445 g/mol. The van der Waals surface area contributed by atoms with Crippen molar-refractivity contribution in [2.45, 2.75) is 20.4 Å². The molecule has 0 spiro atoms. The molecule has 0 radical (unpaired) electrons. The number of guanidine groups is 1. The first-order valence-electron chi connectivity index (χ1n) is 7.92. The van der Waals surface area contributed by atoms with Crippen LogP contribution in [-0.4, -0.2) is 45.5 Å². The lowest BCUT2D eigenvalue weighted by Gasteiger charge is -2.20. The summed E-state index contributed by atoms with van der Waals surface area (Å²) in [6.07, 6.45) is 0. The maximum absolute atomic E-state index is 6.24. The predicted molar refractivity (Wildman–Crippen MR) is 107 cm³/mol. The number of benzene rings is 1. The number of hydrogen-bond donors (Lipinski definition) is 2. The van der Waals surface area contributed by atoms with Crippen LogP contribution in [0.25, 0.3) is 0 Å². The zero-order valence-electron chi connectivity index (χ0n) is 14.1. The number of ether oxygens (including phenoxy) is 3. The number of rotatable bonds is 7. The van der Waals surface area contributed by atoms with Crippen molar-refractivity contribution in [2.24, 2.45) is 4.99 Å². The summed E-state index contributed by atoms with van der Waals surface area (Å²) in [5, 5.41) is 6.99. The summed E-state index contributed by atoms with van der Waals surface area (Å²) < 4.78 is 16.4. The van der Waals surface area contributed by atoms with Gasteiger partial charge in [-0.25, -0.2) is 4.99 Å². The molecule has 0 amide bonds. The predicted octanol–water partition coefficient (Wildman–Crippen LogP) is 2.82. The van der Waals surface area contributed by atoms with Crippen LogP contribution in [0.3, 0.4) is 0 Å². The van der Waals surface area contributed by atoms with Crippen LogP contribution in [0, 0.1) is 0 Å². The van der Waals surface area contributed by atoms with Crippen LogP contribution < -0.4 is 20.1 Å². The highest BCUT2D eigenvalue weighted by Crippen LogP contribution is 2.38. The normalized spacial score (nSPS) is 13.2. The third-order valence-corrected chi connectivity index (χ3v) is 3.44. The van der Waals surface area contributed by atoms with Gasteiger partial charge >= 0.3 is 0 Å². The number of aliphatic imine (C=N–C) groups is 1. The van der Waals surface area contributed by atoms with Gasteiger partial charge in [-0.3, -0.25) is 0 Å². The Kier molecular flexibility index (Phi) is 10.2. The molecule has 0 fully saturated rings. The minimum atomic E-state index is 0. The van der Waals surface area contributed by atoms with Crippen molar-refractivity contribution in [3.63, 3.8) is 0 Å². The lowest BCUT2D eigenvalue weighted by Crippen LogP contribution is -2.39. The third kappa shape index (κ3) is 6.52. The second-order valence-corrected chi connectivity index (χ2v) is 5.33. The molecule has 1 aliphatic heterocycles. The maximum atomic E-state index is 6.24. The van der Waals surface area contributed by atoms with Crippen LogP contribution in [0.5, 0.6) is 11.5 Å². The molecule has 1 aromatic carbocycles. The van der Waals surface area contributed by atoms with Gasteiger partial charge in [-0.05, 0) is 31.5 Å². The Labute approximate surface area is 165 Å². The highest BCUT2D eigenvalue weighted by atomic mass is 127. The Morgan fingerprint density at radius 2 is 2.04 bits per heavy atom. The largest absolute Gasteiger partial charge is 0.486 e. The highest BCUT2D eigenvalue weighted by Gasteiger charge is 2.16. The Balaban J connectivity index is 0.00000288. The van der Waals surface area contributed by atoms with Gasteiger partial charge in [0, 0.05) is 19.7 Å². The number of fused-ring (bicyclic) bond motifs is 1. The van der Waals surface area contributed by atoms with Gasteiger partial charge in [0.05, 0.1) is 18.2 Å². The Morgan fingerprint density at radius 1 is 1.25 bits per heavy atom. The summed E-state index contributed by atoms with van der Waals surface area (Å²) in [7, 11) is 0. The molecule has 0 saturated heterocycles. The van der Waals surface area contributed by atoms with E-state index in [4.69, 9.17) is 25.8 Å². The van der Waals surface area contributed by atoms with Gasteiger partial charge in [-0.15, -0.1) is 24.0 Å². The second-order valence-electron chi connectivity index (χ2n) is 4.92. The molecule has 6 nitrogen and oxygen atoms in total. The van der Waals surface area contributed by atoms with E-state index in [1.165, 1.54) is 0 Å². The number of halogens is 2. The van der Waals surface area contributed by atoms with Gasteiger partial charge in [-0.1, -0.05) is 11.6 Å². The van der Waals surface area contributed by atoms with E-state index < -0.39 is 0 Å². The molecule has 2 rings (SSSR count). The van der Waals surface area contributed by atoms with Gasteiger partial charge in [0.2, 0.25) is 0 Å². The van der Waals surface area contributed by atoms with E-state index in [0.717, 1.165) is 18.1 Å². The van der Waals surface area contributed by atoms with Crippen LogP contribution in [0.2, 0.25) is 5.02 Å². The van der Waals surface area contributed by atoms with E-state index in [1.54, 1.807) is 0 Å². The molecule has 1 aromatic rings. The molecule has 0 aliphatic carbocycles. The van der Waals surface area contributed by atoms with Crippen molar-refractivity contribution in [3.8, 4) is 11.5 Å². The quantitative estimate of drug-likeness (QED) is 0.278. The average Bonchev–Trinajstić information content (AvgIpc) is 2.56. The van der Waals surface area contributed by atoms with Crippen LogP contribution in [0.4, 0.5) is 0 Å². The molecule has 136 valence electrons. The van der Waals surface area contributed by atoms with E-state index in [-0.39, 0.29) is 24.0 Å². The SMILES string of the molecule is CCNC(=NCc1cc(Cl)c2c(c1)OCCO2)NCCOCC.I. The topological polar surface area (TPSA) is 64.1 Å². The summed E-state index contributed by atoms with van der Waals surface area (Å²) in [4.78, 5) is 4.56. The van der Waals surface area contributed by atoms with Crippen LogP contribution in [0.1, 0.15) is 19.4 Å². The van der Waals surface area contributed by atoms with Crippen LogP contribution >= 0.6 is 35.6 Å². The van der Waals surface area contributed by atoms with E-state index in [9.17, 15) is 0 Å². The Bertz CT molecular complexity index is 544. The number of nitrogens with zero attached hydrogens (tertiary/aromatic N) is 1. The van der Waals surface area contributed by atoms with E-state index >= 15 is 0 Å². The third-order valence-electron chi connectivity index (χ3n) is 3.16. The summed E-state index contributed by atoms with van der Waals surface area (Å²) in [5.41, 5.74) is 0.973. The first-order chi connectivity index (χ1) is 11.2. The standard InChI is InChI=1S/C16H24ClN3O3.HI/c1-3-18-16(19-5-6-21-4-2)20-11-12-9-13(17)15-14(10-12)22-7-8-23-15;/h9-10H,3-8,11H2,1-2H3,(H2,18,19,20);1H. The van der Waals surface area contributed by atoms with Gasteiger partial charge in [0.25, 0.3) is 0 Å². The fourth-order valence-electron chi connectivity index (χ4n) is 2.15. The first kappa shape index (κ1) is 21.1. The highest BCUT2D eigenvalue weighted by molar-refractivity contribution is 14.0. The lowest BCUT2D eigenvalue weighted by molar-refractivity contribution is 0.152. The molecule has 24 heavy (non-hydrogen) atoms. The van der Waals surface area contributed by atoms with Crippen LogP contribution in [0.15, 0.2) is 17.1 Å². The molecule has 1 aliphatic rings. The fraction of sp³-hybridized carbons (Fsp3) is 0.562. The molecule has 0 atom stereocenters. The maximum Gasteiger partial charge on any atom is 0.191 e. The van der Waals surface area contributed by atoms with Crippen LogP contribution in [-0.2, 0) is 11.3 Å². The summed E-state index contributed by atoms with van der Waals surface area (Å²) >= 11 is 6.24. The summed E-state index contributed by atoms with van der Waals surface area (Å²) in [6, 6.07) is 3.79. The van der Waals surface area contributed by atoms with Gasteiger partial charge in [0.15, 0.2) is 17.5 Å². The van der Waals surface area contributed by atoms with Gasteiger partial charge < -0.3 is 24.8 Å². The van der Waals surface area contributed by atoms with Crippen molar-refractivity contribution < 1.29 is 14.2 Å². The number of nitrogens with one attached hydrogen (secondary N) is 2. The Morgan fingerprint density at radius 3 is 2.79 bits per heavy atom. The molecule has 0 aromatic heterocycles. The van der Waals surface area contributed by atoms with E-state index in [1.807, 2.05) is 26.0 Å². The first-order valence-corrected chi connectivity index (χ1v) is 8.30. The average molecular weight is 470 g/mol. The van der Waals surface area contributed by atoms with E-state index in [2.05, 4.69) is 15.6 Å². The molecule has 2 N–H and O–H groups in total. The van der Waals surface area contributed by atoms with Gasteiger partial charge in [-0.2, -0.15) is 0 Å². The zero-order valence-corrected chi connectivity index (χ0v) is 17.1. The minimum absolute atomic E-state index is 0. The summed E-state index contributed by atoms with van der Waals surface area (Å²) in [5.74, 6) is 2.05. The number of hydrogen-bond acceptors (Lipinski definition) is 4. The lowest BCUT2D eigenvalue weighted by atomic mass is 10.2.